The third kappa shape index (κ3) is 4.71. The summed E-state index contributed by atoms with van der Waals surface area (Å²) in [5, 5.41) is 6.70. The third-order valence-electron chi connectivity index (χ3n) is 5.81. The number of thiophene rings is 1. The van der Waals surface area contributed by atoms with Crippen molar-refractivity contribution in [2.24, 2.45) is 0 Å². The smallest absolute Gasteiger partial charge is 0.254 e. The average Bonchev–Trinajstić information content (AvgIpc) is 3.34. The number of amides is 2. The first-order valence-corrected chi connectivity index (χ1v) is 12.1. The van der Waals surface area contributed by atoms with E-state index in [0.717, 1.165) is 60.9 Å². The van der Waals surface area contributed by atoms with E-state index in [2.05, 4.69) is 15.6 Å². The number of aromatic nitrogens is 2. The van der Waals surface area contributed by atoms with Gasteiger partial charge in [-0.05, 0) is 49.8 Å². The molecule has 0 saturated carbocycles. The van der Waals surface area contributed by atoms with E-state index in [1.54, 1.807) is 18.4 Å². The van der Waals surface area contributed by atoms with E-state index < -0.39 is 0 Å². The molecule has 0 fully saturated rings. The van der Waals surface area contributed by atoms with Crippen molar-refractivity contribution in [1.29, 1.82) is 0 Å². The van der Waals surface area contributed by atoms with Crippen molar-refractivity contribution in [3.63, 3.8) is 0 Å². The van der Waals surface area contributed by atoms with E-state index in [0.29, 0.717) is 23.7 Å². The number of para-hydroxylation sites is 2. The van der Waals surface area contributed by atoms with Gasteiger partial charge in [0.1, 0.15) is 17.4 Å². The molecule has 0 unspecified atom stereocenters. The second kappa shape index (κ2) is 10.3. The van der Waals surface area contributed by atoms with Crippen LogP contribution >= 0.6 is 11.3 Å². The van der Waals surface area contributed by atoms with Crippen LogP contribution in [0.15, 0.2) is 24.3 Å². The number of anilines is 1. The van der Waals surface area contributed by atoms with Crippen LogP contribution in [0.4, 0.5) is 5.00 Å². The van der Waals surface area contributed by atoms with E-state index in [1.165, 1.54) is 4.88 Å². The van der Waals surface area contributed by atoms with Gasteiger partial charge in [0.05, 0.1) is 16.6 Å². The average molecular weight is 455 g/mol. The van der Waals surface area contributed by atoms with Crippen LogP contribution in [0.1, 0.15) is 52.8 Å². The fourth-order valence-electron chi connectivity index (χ4n) is 4.28. The van der Waals surface area contributed by atoms with Crippen LogP contribution in [0.25, 0.3) is 11.0 Å². The molecule has 2 N–H and O–H groups in total. The number of fused-ring (bicyclic) bond motifs is 2. The molecule has 8 heteroatoms. The number of imidazole rings is 1. The molecule has 2 aromatic heterocycles. The SMILES string of the molecule is CCc1nc2ccccc2n1CC(=O)Nc1sc2c(c1C(=O)NCCCOC)CCCC2. The molecule has 1 aliphatic carbocycles. The molecule has 2 heterocycles. The van der Waals surface area contributed by atoms with E-state index in [4.69, 9.17) is 4.74 Å². The van der Waals surface area contributed by atoms with Gasteiger partial charge < -0.3 is 19.9 Å². The molecule has 1 aliphatic rings. The molecule has 7 nitrogen and oxygen atoms in total. The lowest BCUT2D eigenvalue weighted by atomic mass is 9.95. The lowest BCUT2D eigenvalue weighted by Gasteiger charge is -2.13. The van der Waals surface area contributed by atoms with Crippen molar-refractivity contribution < 1.29 is 14.3 Å². The second-order valence-corrected chi connectivity index (χ2v) is 9.13. The topological polar surface area (TPSA) is 85.2 Å². The van der Waals surface area contributed by atoms with Crippen molar-refractivity contribution in [3.8, 4) is 0 Å². The van der Waals surface area contributed by atoms with E-state index in [1.807, 2.05) is 35.8 Å². The quantitative estimate of drug-likeness (QED) is 0.480. The van der Waals surface area contributed by atoms with Gasteiger partial charge in [0, 0.05) is 31.6 Å². The molecule has 1 aromatic carbocycles. The van der Waals surface area contributed by atoms with Crippen LogP contribution < -0.4 is 10.6 Å². The summed E-state index contributed by atoms with van der Waals surface area (Å²) in [7, 11) is 1.65. The summed E-state index contributed by atoms with van der Waals surface area (Å²) in [5.41, 5.74) is 3.57. The van der Waals surface area contributed by atoms with Gasteiger partial charge in [-0.15, -0.1) is 11.3 Å². The summed E-state index contributed by atoms with van der Waals surface area (Å²) in [5.74, 6) is 0.621. The summed E-state index contributed by atoms with van der Waals surface area (Å²) < 4.78 is 7.03. The van der Waals surface area contributed by atoms with Crippen LogP contribution in [0.2, 0.25) is 0 Å². The number of methoxy groups -OCH3 is 1. The molecule has 0 atom stereocenters. The van der Waals surface area contributed by atoms with Gasteiger partial charge in [-0.25, -0.2) is 4.98 Å². The van der Waals surface area contributed by atoms with E-state index in [9.17, 15) is 9.59 Å². The minimum atomic E-state index is -0.144. The molecule has 3 aromatic rings. The lowest BCUT2D eigenvalue weighted by Crippen LogP contribution is -2.28. The largest absolute Gasteiger partial charge is 0.385 e. The number of carbonyl (C=O) groups is 2. The Bertz CT molecular complexity index is 1120. The summed E-state index contributed by atoms with van der Waals surface area (Å²) >= 11 is 1.55. The predicted molar refractivity (Wildman–Crippen MR) is 128 cm³/mol. The van der Waals surface area contributed by atoms with Crippen LogP contribution in [-0.4, -0.2) is 41.6 Å². The molecular weight excluding hydrogens is 424 g/mol. The molecular formula is C24H30N4O3S. The number of carbonyl (C=O) groups excluding carboxylic acids is 2. The molecule has 4 rings (SSSR count). The zero-order valence-corrected chi connectivity index (χ0v) is 19.5. The molecule has 0 aliphatic heterocycles. The Morgan fingerprint density at radius 3 is 2.84 bits per heavy atom. The molecule has 170 valence electrons. The minimum Gasteiger partial charge on any atom is -0.385 e. The first kappa shape index (κ1) is 22.5. The number of benzene rings is 1. The number of hydrogen-bond acceptors (Lipinski definition) is 5. The summed E-state index contributed by atoms with van der Waals surface area (Å²) in [6.45, 7) is 3.35. The maximum Gasteiger partial charge on any atom is 0.254 e. The molecule has 0 spiro atoms. The van der Waals surface area contributed by atoms with Crippen LogP contribution in [-0.2, 0) is 35.3 Å². The molecule has 0 bridgehead atoms. The van der Waals surface area contributed by atoms with Crippen LogP contribution in [0.3, 0.4) is 0 Å². The Morgan fingerprint density at radius 1 is 1.22 bits per heavy atom. The van der Waals surface area contributed by atoms with Crippen molar-refractivity contribution in [2.45, 2.75) is 52.0 Å². The van der Waals surface area contributed by atoms with Crippen molar-refractivity contribution in [1.82, 2.24) is 14.9 Å². The second-order valence-electron chi connectivity index (χ2n) is 8.02. The van der Waals surface area contributed by atoms with E-state index >= 15 is 0 Å². The number of nitrogens with zero attached hydrogens (tertiary/aromatic N) is 2. The highest BCUT2D eigenvalue weighted by atomic mass is 32.1. The number of aryl methyl sites for hydroxylation is 2. The van der Waals surface area contributed by atoms with Gasteiger partial charge in [0.15, 0.2) is 0 Å². The standard InChI is InChI=1S/C24H30N4O3S/c1-3-20-26-17-10-5-6-11-18(17)28(20)15-21(29)27-24-22(23(30)25-13-8-14-31-2)16-9-4-7-12-19(16)32-24/h5-6,10-11H,3-4,7-9,12-15H2,1-2H3,(H,25,30)(H,27,29). The van der Waals surface area contributed by atoms with Gasteiger partial charge in [0.2, 0.25) is 5.91 Å². The Balaban J connectivity index is 1.55. The lowest BCUT2D eigenvalue weighted by molar-refractivity contribution is -0.116. The molecule has 32 heavy (non-hydrogen) atoms. The number of nitrogens with one attached hydrogen (secondary N) is 2. The Hall–Kier alpha value is -2.71. The summed E-state index contributed by atoms with van der Waals surface area (Å²) in [6, 6.07) is 7.85. The zero-order valence-electron chi connectivity index (χ0n) is 18.7. The maximum absolute atomic E-state index is 13.1. The number of ether oxygens (including phenoxy) is 1. The first-order valence-electron chi connectivity index (χ1n) is 11.3. The fourth-order valence-corrected chi connectivity index (χ4v) is 5.59. The highest BCUT2D eigenvalue weighted by Gasteiger charge is 2.26. The van der Waals surface area contributed by atoms with Crippen LogP contribution in [0, 0.1) is 0 Å². The van der Waals surface area contributed by atoms with Crippen molar-refractivity contribution >= 4 is 39.2 Å². The summed E-state index contributed by atoms with van der Waals surface area (Å²) in [6.07, 6.45) is 5.54. The minimum absolute atomic E-state index is 0.113. The molecule has 0 radical (unpaired) electrons. The van der Waals surface area contributed by atoms with Crippen LogP contribution in [0.5, 0.6) is 0 Å². The van der Waals surface area contributed by atoms with Crippen molar-refractivity contribution in [3.05, 3.63) is 46.1 Å². The summed E-state index contributed by atoms with van der Waals surface area (Å²) in [4.78, 5) is 32.0. The Kier molecular flexibility index (Phi) is 7.22. The highest BCUT2D eigenvalue weighted by molar-refractivity contribution is 7.17. The molecule has 2 amide bonds. The first-order chi connectivity index (χ1) is 15.6. The Labute approximate surface area is 192 Å². The fraction of sp³-hybridized carbons (Fsp3) is 0.458. The monoisotopic (exact) mass is 454 g/mol. The number of rotatable bonds is 9. The van der Waals surface area contributed by atoms with Gasteiger partial charge in [0.25, 0.3) is 5.91 Å². The maximum atomic E-state index is 13.1. The zero-order chi connectivity index (χ0) is 22.5. The predicted octanol–water partition coefficient (Wildman–Crippen LogP) is 3.94. The van der Waals surface area contributed by atoms with Gasteiger partial charge in [-0.2, -0.15) is 0 Å². The van der Waals surface area contributed by atoms with Gasteiger partial charge in [-0.1, -0.05) is 19.1 Å². The van der Waals surface area contributed by atoms with Crippen molar-refractivity contribution in [2.75, 3.05) is 25.6 Å². The number of hydrogen-bond donors (Lipinski definition) is 2. The van der Waals surface area contributed by atoms with Gasteiger partial charge >= 0.3 is 0 Å². The van der Waals surface area contributed by atoms with E-state index in [-0.39, 0.29) is 18.4 Å². The normalized spacial score (nSPS) is 13.2. The Morgan fingerprint density at radius 2 is 2.03 bits per heavy atom. The van der Waals surface area contributed by atoms with Gasteiger partial charge in [-0.3, -0.25) is 9.59 Å². The molecule has 0 saturated heterocycles. The third-order valence-corrected chi connectivity index (χ3v) is 7.02. The highest BCUT2D eigenvalue weighted by Crippen LogP contribution is 2.38.